The molecule has 0 fully saturated rings. The van der Waals surface area contributed by atoms with E-state index in [1.165, 1.54) is 0 Å². The number of nitrogens with zero attached hydrogens (tertiary/aromatic N) is 1. The summed E-state index contributed by atoms with van der Waals surface area (Å²) in [4.78, 5) is 28.7. The van der Waals surface area contributed by atoms with Crippen molar-refractivity contribution in [3.05, 3.63) is 23.4 Å². The molecule has 0 atom stereocenters. The maximum absolute atomic E-state index is 11.5. The zero-order chi connectivity index (χ0) is 16.0. The van der Waals surface area contributed by atoms with Crippen LogP contribution in [0.25, 0.3) is 21.8 Å². The standard InChI is InChI=1S/C14H10N2O6/c1-5-2-7-10(15-5)9-6(14(20)21)3-8(22-4-17)16-11(9)13(19)12(7)18/h2-4,15,18-19H,1H3,(H,20,21). The second-order valence-electron chi connectivity index (χ2n) is 4.69. The molecular weight excluding hydrogens is 292 g/mol. The molecule has 0 aliphatic rings. The fourth-order valence-corrected chi connectivity index (χ4v) is 2.44. The minimum Gasteiger partial charge on any atom is -0.504 e. The number of aryl methyl sites for hydroxylation is 1. The van der Waals surface area contributed by atoms with Gasteiger partial charge in [0, 0.05) is 22.5 Å². The Bertz CT molecular complexity index is 944. The number of carbonyl (C=O) groups is 2. The average molecular weight is 302 g/mol. The number of fused-ring (bicyclic) bond motifs is 3. The molecular formula is C14H10N2O6. The Labute approximate surface area is 122 Å². The van der Waals surface area contributed by atoms with E-state index in [0.717, 1.165) is 6.07 Å². The Morgan fingerprint density at radius 1 is 1.32 bits per heavy atom. The molecule has 3 rings (SSSR count). The average Bonchev–Trinajstić information content (AvgIpc) is 2.86. The zero-order valence-corrected chi connectivity index (χ0v) is 11.2. The third-order valence-electron chi connectivity index (χ3n) is 3.30. The summed E-state index contributed by atoms with van der Waals surface area (Å²) in [5.41, 5.74) is 0.597. The lowest BCUT2D eigenvalue weighted by Crippen LogP contribution is -2.02. The first kappa shape index (κ1) is 13.7. The molecule has 0 aliphatic heterocycles. The molecule has 0 bridgehead atoms. The number of carbonyl (C=O) groups excluding carboxylic acids is 1. The summed E-state index contributed by atoms with van der Waals surface area (Å²) in [5, 5.41) is 29.9. The number of H-pyrrole nitrogens is 1. The molecule has 1 aromatic carbocycles. The summed E-state index contributed by atoms with van der Waals surface area (Å²) in [6.45, 7) is 1.81. The zero-order valence-electron chi connectivity index (χ0n) is 11.2. The first-order valence-corrected chi connectivity index (χ1v) is 6.15. The smallest absolute Gasteiger partial charge is 0.336 e. The van der Waals surface area contributed by atoms with Crippen molar-refractivity contribution in [3.63, 3.8) is 0 Å². The fourth-order valence-electron chi connectivity index (χ4n) is 2.44. The highest BCUT2D eigenvalue weighted by Gasteiger charge is 2.22. The van der Waals surface area contributed by atoms with Crippen molar-refractivity contribution >= 4 is 34.2 Å². The maximum Gasteiger partial charge on any atom is 0.336 e. The lowest BCUT2D eigenvalue weighted by Gasteiger charge is -2.09. The van der Waals surface area contributed by atoms with Gasteiger partial charge in [-0.3, -0.25) is 4.79 Å². The largest absolute Gasteiger partial charge is 0.504 e. The van der Waals surface area contributed by atoms with Crippen molar-refractivity contribution in [3.8, 4) is 17.4 Å². The van der Waals surface area contributed by atoms with Gasteiger partial charge >= 0.3 is 5.97 Å². The fraction of sp³-hybridized carbons (Fsp3) is 0.0714. The van der Waals surface area contributed by atoms with Crippen LogP contribution in [0, 0.1) is 6.92 Å². The van der Waals surface area contributed by atoms with E-state index in [1.54, 1.807) is 13.0 Å². The van der Waals surface area contributed by atoms with Crippen molar-refractivity contribution in [1.82, 2.24) is 9.97 Å². The van der Waals surface area contributed by atoms with Crippen molar-refractivity contribution in [2.45, 2.75) is 6.92 Å². The van der Waals surface area contributed by atoms with Crippen molar-refractivity contribution < 1.29 is 29.6 Å². The second-order valence-corrected chi connectivity index (χ2v) is 4.69. The van der Waals surface area contributed by atoms with E-state index in [1.807, 2.05) is 0 Å². The Hall–Kier alpha value is -3.29. The predicted octanol–water partition coefficient (Wildman–Crippen LogP) is 1.67. The number of rotatable bonds is 3. The summed E-state index contributed by atoms with van der Waals surface area (Å²) in [6.07, 6.45) is 0. The molecule has 0 saturated carbocycles. The molecule has 0 spiro atoms. The highest BCUT2D eigenvalue weighted by molar-refractivity contribution is 6.18. The molecule has 2 heterocycles. The minimum atomic E-state index is -1.29. The quantitative estimate of drug-likeness (QED) is 0.427. The first-order valence-electron chi connectivity index (χ1n) is 6.15. The summed E-state index contributed by atoms with van der Waals surface area (Å²) in [5.74, 6) is -2.60. The molecule has 0 unspecified atom stereocenters. The van der Waals surface area contributed by atoms with Gasteiger partial charge in [-0.05, 0) is 13.0 Å². The number of aromatic hydroxyl groups is 2. The van der Waals surface area contributed by atoms with Gasteiger partial charge in [-0.1, -0.05) is 0 Å². The third-order valence-corrected chi connectivity index (χ3v) is 3.30. The number of hydrogen-bond donors (Lipinski definition) is 4. The Morgan fingerprint density at radius 2 is 2.05 bits per heavy atom. The highest BCUT2D eigenvalue weighted by atomic mass is 16.5. The minimum absolute atomic E-state index is 0.0913. The van der Waals surface area contributed by atoms with Gasteiger partial charge < -0.3 is 25.0 Å². The van der Waals surface area contributed by atoms with Gasteiger partial charge in [0.1, 0.15) is 5.52 Å². The van der Waals surface area contributed by atoms with E-state index in [4.69, 9.17) is 0 Å². The van der Waals surface area contributed by atoms with Crippen LogP contribution >= 0.6 is 0 Å². The lowest BCUT2D eigenvalue weighted by molar-refractivity contribution is -0.120. The van der Waals surface area contributed by atoms with Crippen molar-refractivity contribution in [1.29, 1.82) is 0 Å². The Balaban J connectivity index is 2.58. The molecule has 0 radical (unpaired) electrons. The molecule has 3 aromatic rings. The number of aromatic amines is 1. The van der Waals surface area contributed by atoms with Gasteiger partial charge in [0.05, 0.1) is 11.1 Å². The van der Waals surface area contributed by atoms with Gasteiger partial charge in [-0.2, -0.15) is 0 Å². The van der Waals surface area contributed by atoms with E-state index in [-0.39, 0.29) is 34.2 Å². The number of aromatic carboxylic acids is 1. The summed E-state index contributed by atoms with van der Waals surface area (Å²) < 4.78 is 4.56. The third kappa shape index (κ3) is 1.81. The van der Waals surface area contributed by atoms with E-state index in [2.05, 4.69) is 14.7 Å². The molecule has 4 N–H and O–H groups in total. The number of pyridine rings is 1. The van der Waals surface area contributed by atoms with Gasteiger partial charge in [-0.15, -0.1) is 0 Å². The van der Waals surface area contributed by atoms with Crippen LogP contribution < -0.4 is 4.74 Å². The number of benzene rings is 1. The van der Waals surface area contributed by atoms with Crippen LogP contribution in [0.5, 0.6) is 17.4 Å². The number of nitrogens with one attached hydrogen (secondary N) is 1. The van der Waals surface area contributed by atoms with Crippen LogP contribution in [-0.4, -0.2) is 37.7 Å². The van der Waals surface area contributed by atoms with Crippen LogP contribution in [0.3, 0.4) is 0 Å². The highest BCUT2D eigenvalue weighted by Crippen LogP contribution is 2.43. The van der Waals surface area contributed by atoms with E-state index in [9.17, 15) is 24.9 Å². The Morgan fingerprint density at radius 3 is 2.68 bits per heavy atom. The van der Waals surface area contributed by atoms with Crippen LogP contribution in [0.4, 0.5) is 0 Å². The van der Waals surface area contributed by atoms with E-state index < -0.39 is 17.5 Å². The normalized spacial score (nSPS) is 11.0. The SMILES string of the molecule is Cc1cc2c(O)c(O)c3nc(OC=O)cc(C(=O)O)c3c2[nH]1. The number of carboxylic acids is 1. The van der Waals surface area contributed by atoms with Gasteiger partial charge in [0.2, 0.25) is 5.88 Å². The molecule has 8 heteroatoms. The van der Waals surface area contributed by atoms with Gasteiger partial charge in [0.15, 0.2) is 11.5 Å². The molecule has 2 aromatic heterocycles. The molecule has 0 amide bonds. The monoisotopic (exact) mass is 302 g/mol. The summed E-state index contributed by atoms with van der Waals surface area (Å²) in [6, 6.07) is 2.65. The van der Waals surface area contributed by atoms with Crippen LogP contribution in [0.2, 0.25) is 0 Å². The number of carboxylic acid groups (broad SMARTS) is 1. The van der Waals surface area contributed by atoms with Crippen molar-refractivity contribution in [2.24, 2.45) is 0 Å². The molecule has 0 aliphatic carbocycles. The topological polar surface area (TPSA) is 133 Å². The molecule has 22 heavy (non-hydrogen) atoms. The van der Waals surface area contributed by atoms with Crippen LogP contribution in [0.1, 0.15) is 16.1 Å². The van der Waals surface area contributed by atoms with E-state index >= 15 is 0 Å². The number of hydrogen-bond acceptors (Lipinski definition) is 6. The van der Waals surface area contributed by atoms with Crippen molar-refractivity contribution in [2.75, 3.05) is 0 Å². The van der Waals surface area contributed by atoms with Gasteiger partial charge in [0.25, 0.3) is 6.47 Å². The summed E-state index contributed by atoms with van der Waals surface area (Å²) in [7, 11) is 0. The summed E-state index contributed by atoms with van der Waals surface area (Å²) >= 11 is 0. The number of aromatic nitrogens is 2. The number of phenolic OH excluding ortho intramolecular Hbond substituents is 2. The maximum atomic E-state index is 11.5. The first-order chi connectivity index (χ1) is 10.4. The molecule has 8 nitrogen and oxygen atoms in total. The van der Waals surface area contributed by atoms with Crippen LogP contribution in [0.15, 0.2) is 12.1 Å². The lowest BCUT2D eigenvalue weighted by atomic mass is 10.0. The molecule has 0 saturated heterocycles. The Kier molecular flexibility index (Phi) is 2.87. The number of phenols is 2. The second kappa shape index (κ2) is 4.62. The molecule has 112 valence electrons. The predicted molar refractivity (Wildman–Crippen MR) is 75.3 cm³/mol. The van der Waals surface area contributed by atoms with E-state index in [0.29, 0.717) is 11.2 Å². The van der Waals surface area contributed by atoms with Crippen LogP contribution in [-0.2, 0) is 4.79 Å². The van der Waals surface area contributed by atoms with Gasteiger partial charge in [-0.25, -0.2) is 9.78 Å². The number of ether oxygens (including phenoxy) is 1.